The van der Waals surface area contributed by atoms with Gasteiger partial charge in [-0.1, -0.05) is 30.3 Å². The van der Waals surface area contributed by atoms with Crippen molar-refractivity contribution in [3.05, 3.63) is 71.9 Å². The predicted octanol–water partition coefficient (Wildman–Crippen LogP) is 4.73. The van der Waals surface area contributed by atoms with Crippen LogP contribution in [-0.4, -0.2) is 23.0 Å². The molecule has 0 aliphatic rings. The normalized spacial score (nSPS) is 10.6. The zero-order chi connectivity index (χ0) is 18.6. The van der Waals surface area contributed by atoms with Crippen molar-refractivity contribution in [2.75, 3.05) is 12.4 Å². The predicted molar refractivity (Wildman–Crippen MR) is 104 cm³/mol. The smallest absolute Gasteiger partial charge is 0.268 e. The molecule has 1 N–H and O–H groups in total. The molecule has 0 fully saturated rings. The molecule has 0 atom stereocenters. The highest BCUT2D eigenvalue weighted by Crippen LogP contribution is 2.34. The summed E-state index contributed by atoms with van der Waals surface area (Å²) in [6.45, 7) is 0. The van der Waals surface area contributed by atoms with Gasteiger partial charge in [-0.3, -0.25) is 4.79 Å². The van der Waals surface area contributed by atoms with Crippen LogP contribution in [0.15, 0.2) is 71.5 Å². The first-order chi connectivity index (χ1) is 13.2. The quantitative estimate of drug-likeness (QED) is 0.544. The number of aromatic nitrogens is 2. The summed E-state index contributed by atoms with van der Waals surface area (Å²) in [5.74, 6) is 0.856. The second-order valence-electron chi connectivity index (χ2n) is 5.58. The van der Waals surface area contributed by atoms with Crippen LogP contribution in [0.4, 0.5) is 5.69 Å². The molecule has 0 radical (unpaired) electrons. The highest BCUT2D eigenvalue weighted by atomic mass is 32.1. The minimum absolute atomic E-state index is 0.254. The average Bonchev–Trinajstić information content (AvgIpc) is 3.39. The van der Waals surface area contributed by atoms with E-state index in [0.717, 1.165) is 5.56 Å². The lowest BCUT2D eigenvalue weighted by Crippen LogP contribution is -2.11. The van der Waals surface area contributed by atoms with Gasteiger partial charge in [-0.25, -0.2) is 9.97 Å². The SMILES string of the molecule is COc1ccc(NC(=O)c2sc(-c3ccco3)nc2-c2ccccc2)cn1. The van der Waals surface area contributed by atoms with E-state index in [2.05, 4.69) is 15.3 Å². The van der Waals surface area contributed by atoms with Gasteiger partial charge in [-0.2, -0.15) is 0 Å². The van der Waals surface area contributed by atoms with Crippen molar-refractivity contribution in [3.8, 4) is 27.9 Å². The van der Waals surface area contributed by atoms with Crippen LogP contribution in [-0.2, 0) is 0 Å². The molecule has 3 aromatic heterocycles. The molecular weight excluding hydrogens is 362 g/mol. The number of carbonyl (C=O) groups excluding carboxylic acids is 1. The van der Waals surface area contributed by atoms with Crippen LogP contribution in [0.2, 0.25) is 0 Å². The van der Waals surface area contributed by atoms with E-state index in [1.54, 1.807) is 37.8 Å². The molecular formula is C20H15N3O3S. The fourth-order valence-electron chi connectivity index (χ4n) is 2.53. The highest BCUT2D eigenvalue weighted by Gasteiger charge is 2.21. The van der Waals surface area contributed by atoms with E-state index in [0.29, 0.717) is 32.9 Å². The lowest BCUT2D eigenvalue weighted by atomic mass is 10.1. The van der Waals surface area contributed by atoms with Crippen molar-refractivity contribution in [1.29, 1.82) is 0 Å². The Bertz CT molecular complexity index is 1040. The molecule has 0 bridgehead atoms. The summed E-state index contributed by atoms with van der Waals surface area (Å²) in [6, 6.07) is 16.6. The first-order valence-corrected chi connectivity index (χ1v) is 8.98. The molecule has 4 rings (SSSR count). The molecule has 0 aliphatic carbocycles. The van der Waals surface area contributed by atoms with Gasteiger partial charge < -0.3 is 14.5 Å². The van der Waals surface area contributed by atoms with Crippen LogP contribution in [0.5, 0.6) is 5.88 Å². The topological polar surface area (TPSA) is 77.2 Å². The van der Waals surface area contributed by atoms with Gasteiger partial charge in [-0.15, -0.1) is 11.3 Å². The standard InChI is InChI=1S/C20H15N3O3S/c1-25-16-10-9-14(12-21-16)22-19(24)18-17(13-6-3-2-4-7-13)23-20(27-18)15-8-5-11-26-15/h2-12H,1H3,(H,22,24). The summed E-state index contributed by atoms with van der Waals surface area (Å²) in [5, 5.41) is 3.51. The number of amides is 1. The zero-order valence-corrected chi connectivity index (χ0v) is 15.2. The fourth-order valence-corrected chi connectivity index (χ4v) is 3.49. The summed E-state index contributed by atoms with van der Waals surface area (Å²) >= 11 is 1.29. The number of furan rings is 1. The highest BCUT2D eigenvalue weighted by molar-refractivity contribution is 7.17. The van der Waals surface area contributed by atoms with Crippen LogP contribution >= 0.6 is 11.3 Å². The number of carbonyl (C=O) groups is 1. The number of thiazole rings is 1. The van der Waals surface area contributed by atoms with Crippen LogP contribution in [0.1, 0.15) is 9.67 Å². The second kappa shape index (κ2) is 7.43. The Balaban J connectivity index is 1.70. The third-order valence-electron chi connectivity index (χ3n) is 3.82. The van der Waals surface area contributed by atoms with Gasteiger partial charge in [0.25, 0.3) is 5.91 Å². The Labute approximate surface area is 159 Å². The molecule has 0 saturated heterocycles. The number of hydrogen-bond donors (Lipinski definition) is 1. The van der Waals surface area contributed by atoms with E-state index >= 15 is 0 Å². The van der Waals surface area contributed by atoms with Gasteiger partial charge >= 0.3 is 0 Å². The first-order valence-electron chi connectivity index (χ1n) is 8.16. The number of ether oxygens (including phenoxy) is 1. The number of anilines is 1. The van der Waals surface area contributed by atoms with E-state index in [9.17, 15) is 4.79 Å². The van der Waals surface area contributed by atoms with Gasteiger partial charge in [0, 0.05) is 11.6 Å². The number of methoxy groups -OCH3 is 1. The lowest BCUT2D eigenvalue weighted by molar-refractivity contribution is 0.103. The van der Waals surface area contributed by atoms with Crippen molar-refractivity contribution in [2.24, 2.45) is 0 Å². The Morgan fingerprint density at radius 1 is 1.11 bits per heavy atom. The number of nitrogens with one attached hydrogen (secondary N) is 1. The maximum Gasteiger partial charge on any atom is 0.268 e. The summed E-state index contributed by atoms with van der Waals surface area (Å²) in [5.41, 5.74) is 2.06. The van der Waals surface area contributed by atoms with Crippen molar-refractivity contribution in [3.63, 3.8) is 0 Å². The van der Waals surface area contributed by atoms with Gasteiger partial charge in [0.15, 0.2) is 10.8 Å². The molecule has 1 aromatic carbocycles. The second-order valence-corrected chi connectivity index (χ2v) is 6.58. The Hall–Kier alpha value is -3.45. The Morgan fingerprint density at radius 2 is 1.96 bits per heavy atom. The van der Waals surface area contributed by atoms with E-state index in [1.807, 2.05) is 36.4 Å². The summed E-state index contributed by atoms with van der Waals surface area (Å²) in [7, 11) is 1.54. The molecule has 7 heteroatoms. The minimum Gasteiger partial charge on any atom is -0.481 e. The van der Waals surface area contributed by atoms with Crippen LogP contribution in [0.25, 0.3) is 22.0 Å². The molecule has 3 heterocycles. The lowest BCUT2D eigenvalue weighted by Gasteiger charge is -2.06. The summed E-state index contributed by atoms with van der Waals surface area (Å²) < 4.78 is 10.5. The average molecular weight is 377 g/mol. The molecule has 27 heavy (non-hydrogen) atoms. The molecule has 0 saturated carbocycles. The van der Waals surface area contributed by atoms with Crippen LogP contribution < -0.4 is 10.1 Å². The molecule has 1 amide bonds. The van der Waals surface area contributed by atoms with Crippen molar-refractivity contribution < 1.29 is 13.9 Å². The maximum absolute atomic E-state index is 12.9. The van der Waals surface area contributed by atoms with Crippen LogP contribution in [0, 0.1) is 0 Å². The van der Waals surface area contributed by atoms with Gasteiger partial charge in [-0.05, 0) is 18.2 Å². The third kappa shape index (κ3) is 3.58. The van der Waals surface area contributed by atoms with Gasteiger partial charge in [0.05, 0.1) is 31.0 Å². The number of nitrogens with zero attached hydrogens (tertiary/aromatic N) is 2. The van der Waals surface area contributed by atoms with Crippen LogP contribution in [0.3, 0.4) is 0 Å². The number of rotatable bonds is 5. The maximum atomic E-state index is 12.9. The van der Waals surface area contributed by atoms with Gasteiger partial charge in [0.2, 0.25) is 5.88 Å². The molecule has 0 spiro atoms. The largest absolute Gasteiger partial charge is 0.481 e. The Morgan fingerprint density at radius 3 is 2.63 bits per heavy atom. The third-order valence-corrected chi connectivity index (χ3v) is 4.88. The molecule has 0 aliphatic heterocycles. The minimum atomic E-state index is -0.254. The summed E-state index contributed by atoms with van der Waals surface area (Å²) in [6.07, 6.45) is 3.13. The number of benzene rings is 1. The Kier molecular flexibility index (Phi) is 4.67. The molecule has 6 nitrogen and oxygen atoms in total. The van der Waals surface area contributed by atoms with E-state index in [1.165, 1.54) is 11.3 Å². The number of hydrogen-bond acceptors (Lipinski definition) is 6. The van der Waals surface area contributed by atoms with Gasteiger partial charge in [0.1, 0.15) is 4.88 Å². The first kappa shape index (κ1) is 17.0. The monoisotopic (exact) mass is 377 g/mol. The van der Waals surface area contributed by atoms with E-state index in [-0.39, 0.29) is 5.91 Å². The molecule has 134 valence electrons. The summed E-state index contributed by atoms with van der Waals surface area (Å²) in [4.78, 5) is 22.2. The zero-order valence-electron chi connectivity index (χ0n) is 14.4. The molecule has 4 aromatic rings. The fraction of sp³-hybridized carbons (Fsp3) is 0.0500. The molecule has 0 unspecified atom stereocenters. The van der Waals surface area contributed by atoms with Crippen molar-refractivity contribution in [1.82, 2.24) is 9.97 Å². The van der Waals surface area contributed by atoms with Crippen molar-refractivity contribution in [2.45, 2.75) is 0 Å². The van der Waals surface area contributed by atoms with E-state index in [4.69, 9.17) is 9.15 Å². The van der Waals surface area contributed by atoms with E-state index < -0.39 is 0 Å². The number of pyridine rings is 1. The van der Waals surface area contributed by atoms with Crippen molar-refractivity contribution >= 4 is 22.9 Å².